The van der Waals surface area contributed by atoms with Crippen LogP contribution in [0.15, 0.2) is 47.4 Å². The number of benzene rings is 2. The molecule has 0 spiro atoms. The first kappa shape index (κ1) is 24.6. The Labute approximate surface area is 204 Å². The van der Waals surface area contributed by atoms with Crippen LogP contribution in [0.25, 0.3) is 0 Å². The van der Waals surface area contributed by atoms with Crippen molar-refractivity contribution in [1.29, 1.82) is 0 Å². The summed E-state index contributed by atoms with van der Waals surface area (Å²) in [5.41, 5.74) is 0.383. The Balaban J connectivity index is 0.00000364. The molecule has 5 nitrogen and oxygen atoms in total. The molecule has 27 heavy (non-hydrogen) atoms. The van der Waals surface area contributed by atoms with Crippen molar-refractivity contribution in [3.05, 3.63) is 48.0 Å². The molecular formula is C20H25KO5S. The number of hydrogen-bond acceptors (Lipinski definition) is 4. The first-order chi connectivity index (χ1) is 12.4. The topological polar surface area (TPSA) is 86.7 Å². The summed E-state index contributed by atoms with van der Waals surface area (Å²) in [6, 6.07) is 11.6. The van der Waals surface area contributed by atoms with E-state index in [1.54, 1.807) is 36.4 Å². The molecule has 0 bridgehead atoms. The van der Waals surface area contributed by atoms with Crippen LogP contribution in [0.1, 0.15) is 51.0 Å². The molecule has 0 saturated carbocycles. The summed E-state index contributed by atoms with van der Waals surface area (Å²) in [7, 11) is -4.69. The zero-order valence-corrected chi connectivity index (χ0v) is 19.9. The van der Waals surface area contributed by atoms with Gasteiger partial charge in [-0.25, -0.2) is 0 Å². The number of aryl methyl sites for hydroxylation is 1. The van der Waals surface area contributed by atoms with E-state index in [1.165, 1.54) is 25.3 Å². The summed E-state index contributed by atoms with van der Waals surface area (Å²) < 4.78 is 38.5. The van der Waals surface area contributed by atoms with E-state index in [4.69, 9.17) is 4.74 Å². The van der Waals surface area contributed by atoms with Gasteiger partial charge in [-0.05, 0) is 31.0 Å². The molecule has 0 aliphatic carbocycles. The second-order valence-corrected chi connectivity index (χ2v) is 7.65. The molecule has 0 unspecified atom stereocenters. The van der Waals surface area contributed by atoms with Gasteiger partial charge >= 0.3 is 51.4 Å². The summed E-state index contributed by atoms with van der Waals surface area (Å²) >= 11 is 0. The zero-order valence-electron chi connectivity index (χ0n) is 16.0. The number of ether oxygens (including phenoxy) is 1. The van der Waals surface area contributed by atoms with Gasteiger partial charge in [0.15, 0.2) is 0 Å². The molecule has 0 radical (unpaired) electrons. The van der Waals surface area contributed by atoms with E-state index in [1.807, 2.05) is 0 Å². The molecule has 0 aliphatic rings. The third-order valence-corrected chi connectivity index (χ3v) is 5.09. The molecule has 2 rings (SSSR count). The summed E-state index contributed by atoms with van der Waals surface area (Å²) in [6.07, 6.45) is 6.92. The van der Waals surface area contributed by atoms with E-state index in [-0.39, 0.29) is 57.1 Å². The predicted octanol–water partition coefficient (Wildman–Crippen LogP) is 1.71. The molecule has 7 heteroatoms. The van der Waals surface area contributed by atoms with Crippen molar-refractivity contribution in [2.24, 2.45) is 0 Å². The number of para-hydroxylation sites is 1. The van der Waals surface area contributed by atoms with Crippen molar-refractivity contribution in [1.82, 2.24) is 0 Å². The molecule has 0 saturated heterocycles. The third-order valence-electron chi connectivity index (χ3n) is 4.19. The molecule has 142 valence electrons. The molecule has 0 fully saturated rings. The molecule has 2 aromatic carbocycles. The molecular weight excluding hydrogens is 391 g/mol. The fraction of sp³-hybridized carbons (Fsp3) is 0.400. The van der Waals surface area contributed by atoms with Crippen molar-refractivity contribution in [3.8, 4) is 17.2 Å². The van der Waals surface area contributed by atoms with Crippen LogP contribution in [0.3, 0.4) is 0 Å². The second-order valence-electron chi connectivity index (χ2n) is 6.29. The van der Waals surface area contributed by atoms with Gasteiger partial charge in [0.05, 0.1) is 0 Å². The van der Waals surface area contributed by atoms with Crippen LogP contribution in [0, 0.1) is 0 Å². The van der Waals surface area contributed by atoms with Gasteiger partial charge in [0.25, 0.3) is 10.1 Å². The maximum atomic E-state index is 12.6. The summed E-state index contributed by atoms with van der Waals surface area (Å²) in [5.74, 6) is -0.453. The first-order valence-electron chi connectivity index (χ1n) is 8.96. The van der Waals surface area contributed by atoms with Crippen molar-refractivity contribution in [3.63, 3.8) is 0 Å². The van der Waals surface area contributed by atoms with Gasteiger partial charge in [-0.15, -0.1) is 0 Å². The van der Waals surface area contributed by atoms with Crippen LogP contribution in [0.4, 0.5) is 0 Å². The molecule has 0 amide bonds. The van der Waals surface area contributed by atoms with E-state index >= 15 is 0 Å². The fourth-order valence-corrected chi connectivity index (χ4v) is 3.55. The van der Waals surface area contributed by atoms with E-state index in [0.29, 0.717) is 17.7 Å². The molecule has 0 aliphatic heterocycles. The molecule has 0 atom stereocenters. The van der Waals surface area contributed by atoms with E-state index in [2.05, 4.69) is 6.92 Å². The zero-order chi connectivity index (χ0) is 19.0. The smallest absolute Gasteiger partial charge is 0.871 e. The van der Waals surface area contributed by atoms with Gasteiger partial charge in [-0.2, -0.15) is 8.42 Å². The van der Waals surface area contributed by atoms with E-state index in [9.17, 15) is 18.1 Å². The maximum absolute atomic E-state index is 12.6. The van der Waals surface area contributed by atoms with Gasteiger partial charge in [-0.1, -0.05) is 74.6 Å². The quantitative estimate of drug-likeness (QED) is 0.362. The number of hydrogen-bond donors (Lipinski definition) is 1. The largest absolute Gasteiger partial charge is 1.00 e. The van der Waals surface area contributed by atoms with Gasteiger partial charge in [0.2, 0.25) is 0 Å². The van der Waals surface area contributed by atoms with Gasteiger partial charge in [0, 0.05) is 0 Å². The Morgan fingerprint density at radius 1 is 0.963 bits per heavy atom. The van der Waals surface area contributed by atoms with Crippen LogP contribution in [0.5, 0.6) is 17.2 Å². The number of rotatable bonds is 10. The summed E-state index contributed by atoms with van der Waals surface area (Å²) in [4.78, 5) is -0.690. The van der Waals surface area contributed by atoms with Crippen molar-refractivity contribution in [2.75, 3.05) is 0 Å². The minimum absolute atomic E-state index is 0. The predicted molar refractivity (Wildman–Crippen MR) is 99.3 cm³/mol. The van der Waals surface area contributed by atoms with Crippen molar-refractivity contribution < 1.29 is 74.2 Å². The molecule has 0 heterocycles. The van der Waals surface area contributed by atoms with E-state index < -0.39 is 20.8 Å². The third kappa shape index (κ3) is 7.85. The van der Waals surface area contributed by atoms with Crippen molar-refractivity contribution >= 4 is 10.1 Å². The summed E-state index contributed by atoms with van der Waals surface area (Å²) in [5, 5.41) is 12.6. The Hall–Kier alpha value is -0.414. The van der Waals surface area contributed by atoms with Crippen LogP contribution < -0.4 is 61.2 Å². The Bertz CT molecular complexity index is 807. The fourth-order valence-electron chi connectivity index (χ4n) is 2.82. The maximum Gasteiger partial charge on any atom is 1.00 e. The summed E-state index contributed by atoms with van der Waals surface area (Å²) in [6.45, 7) is 2.15. The van der Waals surface area contributed by atoms with Crippen molar-refractivity contribution in [2.45, 2.75) is 56.8 Å². The average Bonchev–Trinajstić information content (AvgIpc) is 2.59. The van der Waals surface area contributed by atoms with Gasteiger partial charge in [0.1, 0.15) is 16.4 Å². The minimum atomic E-state index is -4.69. The Morgan fingerprint density at radius 2 is 1.59 bits per heavy atom. The van der Waals surface area contributed by atoms with Crippen LogP contribution >= 0.6 is 0 Å². The first-order valence-corrected chi connectivity index (χ1v) is 10.4. The van der Waals surface area contributed by atoms with Gasteiger partial charge in [-0.3, -0.25) is 4.55 Å². The monoisotopic (exact) mass is 416 g/mol. The average molecular weight is 417 g/mol. The molecule has 2 aromatic rings. The Kier molecular flexibility index (Phi) is 11.1. The standard InChI is InChI=1S/C20H26O5S.K/c1-2-3-4-5-6-8-11-16-14-15-18(20(19(16)21)26(22,23)24)25-17-12-9-7-10-13-17;/h7,9-10,12-15,21H,2-6,8,11H2,1H3,(H,22,23,24);/q;+1/p-1. The normalized spacial score (nSPS) is 11.0. The van der Waals surface area contributed by atoms with Crippen LogP contribution in [0.2, 0.25) is 0 Å². The van der Waals surface area contributed by atoms with E-state index in [0.717, 1.165) is 19.3 Å². The van der Waals surface area contributed by atoms with Crippen LogP contribution in [-0.4, -0.2) is 13.0 Å². The SMILES string of the molecule is CCCCCCCCc1ccc(Oc2ccccc2)c(S(=O)(=O)O)c1[O-].[K+]. The second kappa shape index (κ2) is 12.2. The molecule has 0 aromatic heterocycles. The Morgan fingerprint density at radius 3 is 2.22 bits per heavy atom. The molecule has 1 N–H and O–H groups in total. The number of unbranched alkanes of at least 4 members (excludes halogenated alkanes) is 5. The minimum Gasteiger partial charge on any atom is -0.871 e. The van der Waals surface area contributed by atoms with Gasteiger partial charge < -0.3 is 9.84 Å². The van der Waals surface area contributed by atoms with Crippen LogP contribution in [-0.2, 0) is 16.5 Å².